The number of carbonyl (C=O) groups is 3. The Bertz CT molecular complexity index is 1120. The maximum Gasteiger partial charge on any atom is 0.338 e. The van der Waals surface area contributed by atoms with Gasteiger partial charge in [0.15, 0.2) is 6.10 Å². The lowest BCUT2D eigenvalue weighted by atomic mass is 10.1. The van der Waals surface area contributed by atoms with Crippen LogP contribution in [-0.4, -0.2) is 44.6 Å². The van der Waals surface area contributed by atoms with E-state index in [2.05, 4.69) is 15.4 Å². The van der Waals surface area contributed by atoms with Crippen LogP contribution in [0.4, 0.5) is 10.5 Å². The second-order valence-corrected chi connectivity index (χ2v) is 10.0. The molecule has 0 heterocycles. The van der Waals surface area contributed by atoms with Crippen LogP contribution < -0.4 is 20.1 Å². The zero-order chi connectivity index (χ0) is 25.5. The lowest BCUT2D eigenvalue weighted by Gasteiger charge is -2.21. The van der Waals surface area contributed by atoms with Crippen LogP contribution in [0.1, 0.15) is 45.0 Å². The van der Waals surface area contributed by atoms with Gasteiger partial charge in [-0.2, -0.15) is 0 Å². The summed E-state index contributed by atoms with van der Waals surface area (Å²) in [5.41, 5.74) is -0.210. The van der Waals surface area contributed by atoms with Crippen molar-refractivity contribution in [1.29, 1.82) is 0 Å². The number of hydrogen-bond donors (Lipinski definition) is 3. The molecule has 0 aromatic heterocycles. The van der Waals surface area contributed by atoms with E-state index in [1.54, 1.807) is 32.9 Å². The minimum absolute atomic E-state index is 0.0507. The maximum atomic E-state index is 12.6. The first-order valence-corrected chi connectivity index (χ1v) is 12.0. The molecule has 1 unspecified atom stereocenters. The summed E-state index contributed by atoms with van der Waals surface area (Å²) in [6.45, 7) is 8.88. The first-order chi connectivity index (χ1) is 15.8. The Morgan fingerprint density at radius 2 is 1.56 bits per heavy atom. The first-order valence-electron chi connectivity index (χ1n) is 10.5. The van der Waals surface area contributed by atoms with Crippen LogP contribution in [0.25, 0.3) is 0 Å². The van der Waals surface area contributed by atoms with E-state index in [4.69, 9.17) is 9.47 Å². The Morgan fingerprint density at radius 3 is 2.09 bits per heavy atom. The Labute approximate surface area is 199 Å². The van der Waals surface area contributed by atoms with E-state index < -0.39 is 39.6 Å². The van der Waals surface area contributed by atoms with Crippen molar-refractivity contribution in [3.63, 3.8) is 0 Å². The van der Waals surface area contributed by atoms with Crippen LogP contribution in [0.5, 0.6) is 5.75 Å². The van der Waals surface area contributed by atoms with Crippen molar-refractivity contribution in [2.75, 3.05) is 11.3 Å². The summed E-state index contributed by atoms with van der Waals surface area (Å²) < 4.78 is 37.9. The largest absolute Gasteiger partial charge is 0.494 e. The highest BCUT2D eigenvalue weighted by molar-refractivity contribution is 7.92. The van der Waals surface area contributed by atoms with Gasteiger partial charge in [0.1, 0.15) is 5.75 Å². The molecule has 0 bridgehead atoms. The van der Waals surface area contributed by atoms with Gasteiger partial charge in [0, 0.05) is 11.2 Å². The summed E-state index contributed by atoms with van der Waals surface area (Å²) >= 11 is 0. The van der Waals surface area contributed by atoms with Crippen molar-refractivity contribution in [2.24, 2.45) is 0 Å². The number of ether oxygens (including phenoxy) is 2. The zero-order valence-electron chi connectivity index (χ0n) is 19.7. The summed E-state index contributed by atoms with van der Waals surface area (Å²) in [4.78, 5) is 36.2. The smallest absolute Gasteiger partial charge is 0.338 e. The van der Waals surface area contributed by atoms with Gasteiger partial charge in [-0.3, -0.25) is 14.8 Å². The topological polar surface area (TPSA) is 140 Å². The van der Waals surface area contributed by atoms with Crippen LogP contribution in [0.15, 0.2) is 53.4 Å². The lowest BCUT2D eigenvalue weighted by Crippen LogP contribution is -2.50. The molecule has 0 aliphatic rings. The Morgan fingerprint density at radius 1 is 0.971 bits per heavy atom. The van der Waals surface area contributed by atoms with Crippen LogP contribution in [0.3, 0.4) is 0 Å². The van der Waals surface area contributed by atoms with Crippen LogP contribution in [0.2, 0.25) is 0 Å². The predicted octanol–water partition coefficient (Wildman–Crippen LogP) is 3.06. The number of hydrogen-bond acceptors (Lipinski definition) is 7. The molecule has 10 nitrogen and oxygen atoms in total. The fourth-order valence-electron chi connectivity index (χ4n) is 2.64. The number of carbonyl (C=O) groups excluding carboxylic acids is 3. The highest BCUT2D eigenvalue weighted by Crippen LogP contribution is 2.20. The van der Waals surface area contributed by atoms with Crippen LogP contribution in [-0.2, 0) is 19.6 Å². The van der Waals surface area contributed by atoms with Crippen molar-refractivity contribution in [3.8, 4) is 5.75 Å². The number of anilines is 1. The molecule has 11 heteroatoms. The van der Waals surface area contributed by atoms with E-state index in [0.717, 1.165) is 0 Å². The fraction of sp³-hybridized carbons (Fsp3) is 0.348. The van der Waals surface area contributed by atoms with Gasteiger partial charge in [0.2, 0.25) is 0 Å². The molecule has 0 aliphatic heterocycles. The minimum atomic E-state index is -3.85. The number of nitrogens with one attached hydrogen (secondary N) is 3. The number of esters is 1. The molecule has 3 N–H and O–H groups in total. The van der Waals surface area contributed by atoms with Crippen molar-refractivity contribution >= 4 is 33.6 Å². The van der Waals surface area contributed by atoms with Gasteiger partial charge in [0.25, 0.3) is 15.9 Å². The van der Waals surface area contributed by atoms with Gasteiger partial charge in [-0.25, -0.2) is 18.0 Å². The van der Waals surface area contributed by atoms with E-state index >= 15 is 0 Å². The molecule has 0 fully saturated rings. The molecule has 1 atom stereocenters. The highest BCUT2D eigenvalue weighted by atomic mass is 32.2. The van der Waals surface area contributed by atoms with Crippen LogP contribution in [0, 0.1) is 0 Å². The molecule has 184 valence electrons. The number of sulfonamides is 1. The monoisotopic (exact) mass is 491 g/mol. The van der Waals surface area contributed by atoms with Gasteiger partial charge >= 0.3 is 12.0 Å². The normalized spacial score (nSPS) is 12.3. The van der Waals surface area contributed by atoms with Gasteiger partial charge in [-0.15, -0.1) is 0 Å². The van der Waals surface area contributed by atoms with Gasteiger partial charge in [0.05, 0.1) is 17.1 Å². The number of urea groups is 1. The summed E-state index contributed by atoms with van der Waals surface area (Å²) in [5.74, 6) is -1.03. The summed E-state index contributed by atoms with van der Waals surface area (Å²) in [6.07, 6.45) is -1.23. The third-order valence-corrected chi connectivity index (χ3v) is 5.59. The number of benzene rings is 2. The molecular weight excluding hydrogens is 462 g/mol. The van der Waals surface area contributed by atoms with Gasteiger partial charge in [-0.1, -0.05) is 0 Å². The molecule has 0 saturated heterocycles. The fourth-order valence-corrected chi connectivity index (χ4v) is 3.70. The van der Waals surface area contributed by atoms with Gasteiger partial charge < -0.3 is 14.8 Å². The van der Waals surface area contributed by atoms with E-state index in [-0.39, 0.29) is 16.1 Å². The Kier molecular flexibility index (Phi) is 8.63. The Hall–Kier alpha value is -3.60. The summed E-state index contributed by atoms with van der Waals surface area (Å²) in [7, 11) is -3.85. The molecule has 0 aliphatic carbocycles. The molecule has 2 aromatic rings. The number of rotatable bonds is 8. The van der Waals surface area contributed by atoms with E-state index in [9.17, 15) is 22.8 Å². The molecule has 2 rings (SSSR count). The average Bonchev–Trinajstić information content (AvgIpc) is 2.73. The van der Waals surface area contributed by atoms with Crippen molar-refractivity contribution in [3.05, 3.63) is 54.1 Å². The highest BCUT2D eigenvalue weighted by Gasteiger charge is 2.23. The van der Waals surface area contributed by atoms with Crippen molar-refractivity contribution in [2.45, 2.75) is 51.2 Å². The van der Waals surface area contributed by atoms with Crippen molar-refractivity contribution in [1.82, 2.24) is 10.6 Å². The molecule has 0 radical (unpaired) electrons. The van der Waals surface area contributed by atoms with Crippen LogP contribution >= 0.6 is 0 Å². The first kappa shape index (κ1) is 26.7. The molecule has 0 saturated carbocycles. The molecule has 3 amide bonds. The average molecular weight is 492 g/mol. The SMILES string of the molecule is CCOc1ccc(S(=O)(=O)Nc2ccc(C(=O)OC(C)C(=O)NC(=O)NC(C)(C)C)cc2)cc1. The molecular formula is C23H29N3O7S. The van der Waals surface area contributed by atoms with E-state index in [1.807, 2.05) is 6.92 Å². The van der Waals surface area contributed by atoms with E-state index in [0.29, 0.717) is 12.4 Å². The third kappa shape index (κ3) is 8.07. The van der Waals surface area contributed by atoms with Gasteiger partial charge in [-0.05, 0) is 83.1 Å². The second-order valence-electron chi connectivity index (χ2n) is 8.33. The molecule has 2 aromatic carbocycles. The minimum Gasteiger partial charge on any atom is -0.494 e. The second kappa shape index (κ2) is 11.0. The lowest BCUT2D eigenvalue weighted by molar-refractivity contribution is -0.127. The maximum absolute atomic E-state index is 12.6. The van der Waals surface area contributed by atoms with Crippen molar-refractivity contribution < 1.29 is 32.3 Å². The molecule has 34 heavy (non-hydrogen) atoms. The predicted molar refractivity (Wildman–Crippen MR) is 126 cm³/mol. The van der Waals surface area contributed by atoms with E-state index in [1.165, 1.54) is 43.3 Å². The standard InChI is InChI=1S/C23H29N3O7S/c1-6-32-18-11-13-19(14-12-18)34(30,31)26-17-9-7-16(8-10-17)21(28)33-15(2)20(27)24-22(29)25-23(3,4)5/h7-15,26H,6H2,1-5H3,(H2,24,25,27,29). The third-order valence-electron chi connectivity index (χ3n) is 4.20. The zero-order valence-corrected chi connectivity index (χ0v) is 20.5. The molecule has 0 spiro atoms. The summed E-state index contributed by atoms with van der Waals surface area (Å²) in [6, 6.07) is 10.8. The number of imide groups is 1. The quantitative estimate of drug-likeness (QED) is 0.482. The summed E-state index contributed by atoms with van der Waals surface area (Å²) in [5, 5.41) is 4.66. The number of amides is 3. The Balaban J connectivity index is 1.97.